The van der Waals surface area contributed by atoms with Gasteiger partial charge in [0.25, 0.3) is 5.91 Å². The van der Waals surface area contributed by atoms with Crippen LogP contribution in [0.4, 0.5) is 4.39 Å². The van der Waals surface area contributed by atoms with Gasteiger partial charge < -0.3 is 9.64 Å². The lowest BCUT2D eigenvalue weighted by atomic mass is 9.98. The van der Waals surface area contributed by atoms with Crippen LogP contribution in [0.1, 0.15) is 26.3 Å². The Morgan fingerprint density at radius 2 is 1.74 bits per heavy atom. The minimum absolute atomic E-state index is 0.00344. The zero-order valence-corrected chi connectivity index (χ0v) is 20.1. The van der Waals surface area contributed by atoms with Gasteiger partial charge in [0.15, 0.2) is 5.78 Å². The summed E-state index contributed by atoms with van der Waals surface area (Å²) < 4.78 is 47.5. The molecule has 0 bridgehead atoms. The van der Waals surface area contributed by atoms with Crippen molar-refractivity contribution in [2.45, 2.75) is 12.2 Å². The monoisotopic (exact) mass is 496 g/mol. The molecule has 3 aromatic rings. The van der Waals surface area contributed by atoms with Gasteiger partial charge in [-0.3, -0.25) is 9.59 Å². The molecule has 1 amide bonds. The van der Waals surface area contributed by atoms with Crippen LogP contribution in [0.15, 0.2) is 66.7 Å². The Balaban J connectivity index is 1.40. The lowest BCUT2D eigenvalue weighted by molar-refractivity contribution is 0.0657. The number of methoxy groups -OCH3 is 1. The molecular formula is C26H25FN2O5S. The summed E-state index contributed by atoms with van der Waals surface area (Å²) in [6.45, 7) is 0.981. The standard InChI is InChI=1S/C26H25FN2O5S/c1-17-11-20(18-7-4-3-5-8-18)13-23(25(17)27)24(30)14-28-35(32,33)22-15-29(16-22)26(31)19-9-6-10-21(12-19)34-2/h3-13,22,28H,14-16H2,1-2H3. The van der Waals surface area contributed by atoms with E-state index in [2.05, 4.69) is 4.72 Å². The molecule has 1 saturated heterocycles. The Bertz CT molecular complexity index is 1370. The molecule has 4 rings (SSSR count). The van der Waals surface area contributed by atoms with Crippen LogP contribution in [-0.4, -0.2) is 57.0 Å². The first-order chi connectivity index (χ1) is 16.7. The van der Waals surface area contributed by atoms with Gasteiger partial charge in [-0.2, -0.15) is 0 Å². The molecule has 9 heteroatoms. The molecule has 0 aliphatic carbocycles. The topological polar surface area (TPSA) is 92.8 Å². The van der Waals surface area contributed by atoms with Crippen molar-refractivity contribution in [3.05, 3.63) is 89.2 Å². The van der Waals surface area contributed by atoms with E-state index in [1.807, 2.05) is 30.3 Å². The predicted octanol–water partition coefficient (Wildman–Crippen LogP) is 3.44. The van der Waals surface area contributed by atoms with Crippen LogP contribution in [0.25, 0.3) is 11.1 Å². The van der Waals surface area contributed by atoms with Gasteiger partial charge in [0.05, 0.1) is 19.2 Å². The number of carbonyl (C=O) groups is 2. The number of ether oxygens (including phenoxy) is 1. The molecule has 1 fully saturated rings. The number of aryl methyl sites for hydroxylation is 1. The number of rotatable bonds is 8. The number of amides is 1. The second-order valence-electron chi connectivity index (χ2n) is 8.37. The minimum Gasteiger partial charge on any atom is -0.497 e. The normalized spacial score (nSPS) is 13.9. The number of hydrogen-bond donors (Lipinski definition) is 1. The summed E-state index contributed by atoms with van der Waals surface area (Å²) in [7, 11) is -2.39. The molecule has 0 spiro atoms. The number of hydrogen-bond acceptors (Lipinski definition) is 5. The number of benzene rings is 3. The van der Waals surface area contributed by atoms with E-state index in [1.165, 1.54) is 18.1 Å². The molecule has 0 radical (unpaired) electrons. The molecule has 0 saturated carbocycles. The summed E-state index contributed by atoms with van der Waals surface area (Å²) in [5, 5.41) is -0.855. The Morgan fingerprint density at radius 3 is 2.43 bits per heavy atom. The molecule has 7 nitrogen and oxygen atoms in total. The number of halogens is 1. The van der Waals surface area contributed by atoms with E-state index in [4.69, 9.17) is 4.74 Å². The van der Waals surface area contributed by atoms with E-state index < -0.39 is 33.4 Å². The highest BCUT2D eigenvalue weighted by atomic mass is 32.2. The van der Waals surface area contributed by atoms with Gasteiger partial charge in [-0.1, -0.05) is 36.4 Å². The zero-order valence-electron chi connectivity index (χ0n) is 19.3. The predicted molar refractivity (Wildman–Crippen MR) is 131 cm³/mol. The van der Waals surface area contributed by atoms with E-state index in [0.29, 0.717) is 22.4 Å². The minimum atomic E-state index is -3.89. The van der Waals surface area contributed by atoms with Crippen molar-refractivity contribution in [1.82, 2.24) is 9.62 Å². The highest BCUT2D eigenvalue weighted by molar-refractivity contribution is 7.90. The third-order valence-electron chi connectivity index (χ3n) is 5.99. The maximum Gasteiger partial charge on any atom is 0.254 e. The summed E-state index contributed by atoms with van der Waals surface area (Å²) in [6, 6.07) is 18.9. The van der Waals surface area contributed by atoms with E-state index in [0.717, 1.165) is 5.56 Å². The lowest BCUT2D eigenvalue weighted by Crippen LogP contribution is -2.59. The Labute approximate surface area is 203 Å². The van der Waals surface area contributed by atoms with Crippen molar-refractivity contribution < 1.29 is 27.1 Å². The highest BCUT2D eigenvalue weighted by Gasteiger charge is 2.40. The van der Waals surface area contributed by atoms with E-state index in [9.17, 15) is 22.4 Å². The average Bonchev–Trinajstić information content (AvgIpc) is 2.83. The third kappa shape index (κ3) is 5.26. The van der Waals surface area contributed by atoms with Gasteiger partial charge >= 0.3 is 0 Å². The number of nitrogens with one attached hydrogen (secondary N) is 1. The SMILES string of the molecule is COc1cccc(C(=O)N2CC(S(=O)(=O)NCC(=O)c3cc(-c4ccccc4)cc(C)c3F)C2)c1. The molecule has 0 aromatic heterocycles. The molecule has 0 atom stereocenters. The maximum absolute atomic E-state index is 14.7. The van der Waals surface area contributed by atoms with Crippen LogP contribution in [0.5, 0.6) is 5.75 Å². The first-order valence-corrected chi connectivity index (χ1v) is 12.5. The summed E-state index contributed by atoms with van der Waals surface area (Å²) in [6.07, 6.45) is 0. The molecule has 1 aliphatic heterocycles. The van der Waals surface area contributed by atoms with Crippen molar-refractivity contribution in [2.24, 2.45) is 0 Å². The Morgan fingerprint density at radius 1 is 1.03 bits per heavy atom. The van der Waals surface area contributed by atoms with Gasteiger partial charge in [0.2, 0.25) is 10.0 Å². The Kier molecular flexibility index (Phi) is 7.00. The average molecular weight is 497 g/mol. The van der Waals surface area contributed by atoms with Gasteiger partial charge in [-0.05, 0) is 53.9 Å². The molecule has 0 unspecified atom stereocenters. The van der Waals surface area contributed by atoms with E-state index in [1.54, 1.807) is 37.3 Å². The molecule has 182 valence electrons. The number of ketones is 1. The second-order valence-corrected chi connectivity index (χ2v) is 10.4. The zero-order chi connectivity index (χ0) is 25.2. The van der Waals surface area contributed by atoms with Gasteiger partial charge in [0, 0.05) is 18.7 Å². The molecule has 1 heterocycles. The fourth-order valence-electron chi connectivity index (χ4n) is 3.89. The lowest BCUT2D eigenvalue weighted by Gasteiger charge is -2.38. The van der Waals surface area contributed by atoms with Crippen molar-refractivity contribution in [1.29, 1.82) is 0 Å². The van der Waals surface area contributed by atoms with Crippen molar-refractivity contribution in [3.63, 3.8) is 0 Å². The van der Waals surface area contributed by atoms with Crippen LogP contribution in [0, 0.1) is 12.7 Å². The maximum atomic E-state index is 14.7. The van der Waals surface area contributed by atoms with Crippen molar-refractivity contribution in [3.8, 4) is 16.9 Å². The van der Waals surface area contributed by atoms with Gasteiger partial charge in [-0.25, -0.2) is 17.5 Å². The van der Waals surface area contributed by atoms with Crippen LogP contribution in [0.3, 0.4) is 0 Å². The van der Waals surface area contributed by atoms with E-state index in [-0.39, 0.29) is 24.6 Å². The largest absolute Gasteiger partial charge is 0.497 e. The van der Waals surface area contributed by atoms with Crippen LogP contribution in [-0.2, 0) is 10.0 Å². The summed E-state index contributed by atoms with van der Waals surface area (Å²) >= 11 is 0. The Hall–Kier alpha value is -3.56. The fourth-order valence-corrected chi connectivity index (χ4v) is 5.21. The summed E-state index contributed by atoms with van der Waals surface area (Å²) in [4.78, 5) is 26.8. The number of nitrogens with zero attached hydrogens (tertiary/aromatic N) is 1. The third-order valence-corrected chi connectivity index (χ3v) is 7.71. The van der Waals surface area contributed by atoms with E-state index >= 15 is 0 Å². The second kappa shape index (κ2) is 9.97. The number of sulfonamides is 1. The molecule has 3 aromatic carbocycles. The van der Waals surface area contributed by atoms with Gasteiger partial charge in [-0.15, -0.1) is 0 Å². The number of Topliss-reactive ketones (excluding diaryl/α,β-unsaturated/α-hetero) is 1. The first-order valence-electron chi connectivity index (χ1n) is 11.0. The fraction of sp³-hybridized carbons (Fsp3) is 0.231. The van der Waals surface area contributed by atoms with Crippen LogP contribution in [0.2, 0.25) is 0 Å². The summed E-state index contributed by atoms with van der Waals surface area (Å²) in [5.41, 5.74) is 2.01. The number of carbonyl (C=O) groups excluding carboxylic acids is 2. The number of likely N-dealkylation sites (tertiary alicyclic amines) is 1. The smallest absolute Gasteiger partial charge is 0.254 e. The molecule has 35 heavy (non-hydrogen) atoms. The van der Waals surface area contributed by atoms with Gasteiger partial charge in [0.1, 0.15) is 16.8 Å². The first kappa shape index (κ1) is 24.6. The highest BCUT2D eigenvalue weighted by Crippen LogP contribution is 2.25. The molecule has 1 aliphatic rings. The van der Waals surface area contributed by atoms with Crippen molar-refractivity contribution >= 4 is 21.7 Å². The van der Waals surface area contributed by atoms with Crippen LogP contribution >= 0.6 is 0 Å². The molecular weight excluding hydrogens is 471 g/mol. The summed E-state index contributed by atoms with van der Waals surface area (Å²) in [5.74, 6) is -1.12. The molecule has 1 N–H and O–H groups in total. The van der Waals surface area contributed by atoms with Crippen LogP contribution < -0.4 is 9.46 Å². The van der Waals surface area contributed by atoms with Crippen molar-refractivity contribution in [2.75, 3.05) is 26.7 Å². The quantitative estimate of drug-likeness (QED) is 0.483.